The zero-order chi connectivity index (χ0) is 14.2. The van der Waals surface area contributed by atoms with E-state index in [4.69, 9.17) is 4.74 Å². The van der Waals surface area contributed by atoms with Crippen molar-refractivity contribution in [2.24, 2.45) is 0 Å². The third kappa shape index (κ3) is 6.82. The first-order chi connectivity index (χ1) is 9.74. The van der Waals surface area contributed by atoms with Gasteiger partial charge in [-0.1, -0.05) is 37.5 Å². The third-order valence-corrected chi connectivity index (χ3v) is 3.63. The fraction of sp³-hybridized carbons (Fsp3) is 0.562. The van der Waals surface area contributed by atoms with Gasteiger partial charge in [0.15, 0.2) is 0 Å². The van der Waals surface area contributed by atoms with Gasteiger partial charge in [0.25, 0.3) is 0 Å². The summed E-state index contributed by atoms with van der Waals surface area (Å²) in [5.74, 6) is 0. The molecule has 0 saturated heterocycles. The van der Waals surface area contributed by atoms with Crippen molar-refractivity contribution in [3.63, 3.8) is 0 Å². The second kappa shape index (κ2) is 9.64. The van der Waals surface area contributed by atoms with Gasteiger partial charge in [-0.25, -0.2) is 4.79 Å². The Morgan fingerprint density at radius 1 is 1.24 bits per heavy atom. The normalized spacial score (nSPS) is 16.6. The van der Waals surface area contributed by atoms with Gasteiger partial charge in [-0.15, -0.1) is 12.4 Å². The minimum Gasteiger partial charge on any atom is -0.445 e. The number of carbonyl (C=O) groups is 1. The molecule has 0 heterocycles. The van der Waals surface area contributed by atoms with Crippen molar-refractivity contribution in [3.05, 3.63) is 30.3 Å². The van der Waals surface area contributed by atoms with Crippen molar-refractivity contribution < 1.29 is 9.53 Å². The molecule has 1 aliphatic rings. The Morgan fingerprint density at radius 3 is 2.57 bits per heavy atom. The lowest BCUT2D eigenvalue weighted by Gasteiger charge is -2.24. The first kappa shape index (κ1) is 17.8. The molecule has 1 aromatic rings. The Morgan fingerprint density at radius 2 is 1.90 bits per heavy atom. The molecule has 0 bridgehead atoms. The van der Waals surface area contributed by atoms with E-state index < -0.39 is 6.09 Å². The van der Waals surface area contributed by atoms with Crippen LogP contribution in [0.3, 0.4) is 0 Å². The molecule has 1 atom stereocenters. The molecule has 0 aliphatic heterocycles. The second-order valence-corrected chi connectivity index (χ2v) is 5.45. The number of hydrogen-bond acceptors (Lipinski definition) is 3. The first-order valence-corrected chi connectivity index (χ1v) is 7.50. The summed E-state index contributed by atoms with van der Waals surface area (Å²) in [5, 5.41) is 6.21. The Hall–Kier alpha value is -1.26. The number of anilines is 1. The number of benzene rings is 1. The molecule has 1 amide bonds. The van der Waals surface area contributed by atoms with E-state index in [-0.39, 0.29) is 18.5 Å². The molecule has 2 N–H and O–H groups in total. The van der Waals surface area contributed by atoms with Crippen LogP contribution in [0.2, 0.25) is 0 Å². The van der Waals surface area contributed by atoms with Crippen LogP contribution in [0.25, 0.3) is 0 Å². The van der Waals surface area contributed by atoms with E-state index >= 15 is 0 Å². The summed E-state index contributed by atoms with van der Waals surface area (Å²) in [4.78, 5) is 11.7. The highest BCUT2D eigenvalue weighted by Crippen LogP contribution is 2.17. The van der Waals surface area contributed by atoms with Crippen LogP contribution in [0.1, 0.15) is 39.0 Å². The number of nitrogens with one attached hydrogen (secondary N) is 2. The molecule has 1 saturated carbocycles. The first-order valence-electron chi connectivity index (χ1n) is 7.50. The summed E-state index contributed by atoms with van der Waals surface area (Å²) >= 11 is 0. The summed E-state index contributed by atoms with van der Waals surface area (Å²) in [6.45, 7) is 2.63. The lowest BCUT2D eigenvalue weighted by Crippen LogP contribution is -2.38. The number of carbonyl (C=O) groups excluding carboxylic acids is 1. The van der Waals surface area contributed by atoms with Gasteiger partial charge < -0.3 is 10.1 Å². The molecule has 1 aromatic carbocycles. The highest BCUT2D eigenvalue weighted by molar-refractivity contribution is 5.85. The molecule has 1 unspecified atom stereocenters. The van der Waals surface area contributed by atoms with Gasteiger partial charge >= 0.3 is 6.09 Å². The van der Waals surface area contributed by atoms with Crippen molar-refractivity contribution in [2.45, 2.75) is 51.2 Å². The Labute approximate surface area is 133 Å². The minimum atomic E-state index is -0.394. The molecule has 1 fully saturated rings. The van der Waals surface area contributed by atoms with Crippen molar-refractivity contribution in [3.8, 4) is 0 Å². The van der Waals surface area contributed by atoms with E-state index in [0.29, 0.717) is 12.6 Å². The number of hydrogen-bond donors (Lipinski definition) is 2. The van der Waals surface area contributed by atoms with Crippen LogP contribution in [0.15, 0.2) is 30.3 Å². The van der Waals surface area contributed by atoms with E-state index in [1.54, 1.807) is 0 Å². The van der Waals surface area contributed by atoms with Crippen LogP contribution in [0.5, 0.6) is 0 Å². The number of rotatable bonds is 5. The van der Waals surface area contributed by atoms with Gasteiger partial charge in [-0.2, -0.15) is 0 Å². The molecule has 0 radical (unpaired) electrons. The topological polar surface area (TPSA) is 50.4 Å². The van der Waals surface area contributed by atoms with Crippen molar-refractivity contribution >= 4 is 24.2 Å². The van der Waals surface area contributed by atoms with Gasteiger partial charge in [0.1, 0.15) is 6.10 Å². The third-order valence-electron chi connectivity index (χ3n) is 3.63. The predicted molar refractivity (Wildman–Crippen MR) is 88.1 cm³/mol. The quantitative estimate of drug-likeness (QED) is 0.865. The van der Waals surface area contributed by atoms with Gasteiger partial charge in [-0.05, 0) is 31.9 Å². The number of para-hydroxylation sites is 1. The van der Waals surface area contributed by atoms with Crippen molar-refractivity contribution in [1.82, 2.24) is 5.32 Å². The lowest BCUT2D eigenvalue weighted by molar-refractivity contribution is 0.116. The maximum absolute atomic E-state index is 11.7. The SMILES string of the molecule is CC(CNC1CCCCC1)OC(=O)Nc1ccccc1.Cl. The number of ether oxygens (including phenoxy) is 1. The lowest BCUT2D eigenvalue weighted by atomic mass is 9.95. The van der Waals surface area contributed by atoms with Gasteiger partial charge in [0.2, 0.25) is 0 Å². The maximum Gasteiger partial charge on any atom is 0.411 e. The average Bonchev–Trinajstić information content (AvgIpc) is 2.47. The van der Waals surface area contributed by atoms with Gasteiger partial charge in [0.05, 0.1) is 0 Å². The number of amides is 1. The highest BCUT2D eigenvalue weighted by atomic mass is 35.5. The number of halogens is 1. The predicted octanol–water partition coefficient (Wildman–Crippen LogP) is 3.97. The van der Waals surface area contributed by atoms with Crippen LogP contribution >= 0.6 is 12.4 Å². The van der Waals surface area contributed by atoms with Crippen molar-refractivity contribution in [1.29, 1.82) is 0 Å². The molecule has 2 rings (SSSR count). The zero-order valence-electron chi connectivity index (χ0n) is 12.5. The molecule has 1 aliphatic carbocycles. The average molecular weight is 313 g/mol. The molecule has 21 heavy (non-hydrogen) atoms. The van der Waals surface area contributed by atoms with Crippen LogP contribution in [-0.4, -0.2) is 24.8 Å². The summed E-state index contributed by atoms with van der Waals surface area (Å²) < 4.78 is 5.33. The van der Waals surface area contributed by atoms with Crippen LogP contribution < -0.4 is 10.6 Å². The van der Waals surface area contributed by atoms with Crippen molar-refractivity contribution in [2.75, 3.05) is 11.9 Å². The van der Waals surface area contributed by atoms with Gasteiger partial charge in [0, 0.05) is 18.3 Å². The maximum atomic E-state index is 11.7. The van der Waals surface area contributed by atoms with E-state index in [1.165, 1.54) is 32.1 Å². The molecule has 4 nitrogen and oxygen atoms in total. The van der Waals surface area contributed by atoms with Crippen LogP contribution in [-0.2, 0) is 4.74 Å². The highest BCUT2D eigenvalue weighted by Gasteiger charge is 2.15. The molecular weight excluding hydrogens is 288 g/mol. The molecule has 5 heteroatoms. The fourth-order valence-electron chi connectivity index (χ4n) is 2.53. The molecule has 118 valence electrons. The summed E-state index contributed by atoms with van der Waals surface area (Å²) in [6, 6.07) is 9.94. The van der Waals surface area contributed by atoms with Crippen LogP contribution in [0, 0.1) is 0 Å². The fourth-order valence-corrected chi connectivity index (χ4v) is 2.53. The molecular formula is C16H25ClN2O2. The van der Waals surface area contributed by atoms with E-state index in [9.17, 15) is 4.79 Å². The largest absolute Gasteiger partial charge is 0.445 e. The van der Waals surface area contributed by atoms with Gasteiger partial charge in [-0.3, -0.25) is 5.32 Å². The minimum absolute atomic E-state index is 0. The Balaban J connectivity index is 0.00000220. The zero-order valence-corrected chi connectivity index (χ0v) is 13.3. The van der Waals surface area contributed by atoms with E-state index in [0.717, 1.165) is 5.69 Å². The standard InChI is InChI=1S/C16H24N2O2.ClH/c1-13(12-17-14-8-4-2-5-9-14)20-16(19)18-15-10-6-3-7-11-15;/h3,6-7,10-11,13-14,17H,2,4-5,8-9,12H2,1H3,(H,18,19);1H. The van der Waals surface area contributed by atoms with E-state index in [1.807, 2.05) is 37.3 Å². The Kier molecular flexibility index (Phi) is 8.16. The van der Waals surface area contributed by atoms with E-state index in [2.05, 4.69) is 10.6 Å². The molecule has 0 aromatic heterocycles. The summed E-state index contributed by atoms with van der Waals surface area (Å²) in [6.07, 6.45) is 5.92. The molecule has 0 spiro atoms. The second-order valence-electron chi connectivity index (χ2n) is 5.45. The monoisotopic (exact) mass is 312 g/mol. The summed E-state index contributed by atoms with van der Waals surface area (Å²) in [7, 11) is 0. The van der Waals surface area contributed by atoms with Crippen LogP contribution in [0.4, 0.5) is 10.5 Å². The summed E-state index contributed by atoms with van der Waals surface area (Å²) in [5.41, 5.74) is 0.755. The Bertz CT molecular complexity index is 408. The smallest absolute Gasteiger partial charge is 0.411 e.